The van der Waals surface area contributed by atoms with E-state index >= 15 is 0 Å². The summed E-state index contributed by atoms with van der Waals surface area (Å²) in [7, 11) is 0. The van der Waals surface area contributed by atoms with Crippen molar-refractivity contribution in [2.75, 3.05) is 0 Å². The van der Waals surface area contributed by atoms with E-state index in [1.54, 1.807) is 38.1 Å². The third-order valence-corrected chi connectivity index (χ3v) is 6.12. The molecule has 206 valence electrons. The monoisotopic (exact) mass is 524 g/mol. The lowest BCUT2D eigenvalue weighted by Crippen LogP contribution is -2.59. The van der Waals surface area contributed by atoms with E-state index in [0.717, 1.165) is 11.1 Å². The first-order valence-corrected chi connectivity index (χ1v) is 12.9. The Bertz CT molecular complexity index is 1060. The van der Waals surface area contributed by atoms with Crippen LogP contribution in [-0.2, 0) is 32.0 Å². The Balaban J connectivity index is 2.18. The van der Waals surface area contributed by atoms with Crippen LogP contribution in [0.25, 0.3) is 0 Å². The number of carbonyl (C=O) groups excluding carboxylic acids is 3. The van der Waals surface area contributed by atoms with Crippen molar-refractivity contribution < 1.29 is 24.3 Å². The van der Waals surface area contributed by atoms with Gasteiger partial charge in [0, 0.05) is 12.8 Å². The molecule has 0 aliphatic rings. The zero-order chi connectivity index (χ0) is 28.2. The van der Waals surface area contributed by atoms with E-state index < -0.39 is 47.9 Å². The molecule has 0 radical (unpaired) electrons. The average molecular weight is 525 g/mol. The van der Waals surface area contributed by atoms with Crippen molar-refractivity contribution in [3.8, 4) is 0 Å². The predicted molar refractivity (Wildman–Crippen MR) is 146 cm³/mol. The highest BCUT2D eigenvalue weighted by atomic mass is 16.4. The molecular weight excluding hydrogens is 484 g/mol. The van der Waals surface area contributed by atoms with Gasteiger partial charge in [0.1, 0.15) is 18.1 Å². The Morgan fingerprint density at radius 2 is 1.18 bits per heavy atom. The number of carboxylic acids is 1. The minimum Gasteiger partial charge on any atom is -0.480 e. The van der Waals surface area contributed by atoms with E-state index in [0.29, 0.717) is 6.42 Å². The summed E-state index contributed by atoms with van der Waals surface area (Å²) in [5.74, 6) is -2.94. The smallest absolute Gasteiger partial charge is 0.326 e. The lowest BCUT2D eigenvalue weighted by Gasteiger charge is -2.27. The van der Waals surface area contributed by atoms with Gasteiger partial charge in [-0.05, 0) is 29.4 Å². The van der Waals surface area contributed by atoms with Gasteiger partial charge in [0.25, 0.3) is 0 Å². The van der Waals surface area contributed by atoms with Crippen LogP contribution in [0, 0.1) is 11.8 Å². The third-order valence-electron chi connectivity index (χ3n) is 6.12. The molecule has 0 aliphatic carbocycles. The molecule has 3 amide bonds. The largest absolute Gasteiger partial charge is 0.480 e. The maximum atomic E-state index is 13.4. The average Bonchev–Trinajstić information content (AvgIpc) is 2.86. The predicted octanol–water partition coefficient (Wildman–Crippen LogP) is 2.04. The van der Waals surface area contributed by atoms with Crippen molar-refractivity contribution in [3.05, 3.63) is 71.8 Å². The van der Waals surface area contributed by atoms with Crippen molar-refractivity contribution in [2.45, 2.75) is 71.1 Å². The fraction of sp³-hybridized carbons (Fsp3) is 0.448. The lowest BCUT2D eigenvalue weighted by atomic mass is 9.99. The fourth-order valence-electron chi connectivity index (χ4n) is 4.05. The second-order valence-electron chi connectivity index (χ2n) is 10.3. The minimum atomic E-state index is -1.18. The molecule has 0 heterocycles. The lowest BCUT2D eigenvalue weighted by molar-refractivity contribution is -0.142. The molecule has 0 aliphatic heterocycles. The number of nitrogens with one attached hydrogen (secondary N) is 3. The molecule has 2 aromatic rings. The van der Waals surface area contributed by atoms with Crippen molar-refractivity contribution in [1.29, 1.82) is 0 Å². The minimum absolute atomic E-state index is 0.0983. The first-order chi connectivity index (χ1) is 18.0. The van der Waals surface area contributed by atoms with Crippen LogP contribution in [0.3, 0.4) is 0 Å². The Morgan fingerprint density at radius 1 is 0.711 bits per heavy atom. The van der Waals surface area contributed by atoms with Crippen LogP contribution in [0.5, 0.6) is 0 Å². The molecule has 0 spiro atoms. The SMILES string of the molecule is CC(C)CC(N)C(=O)NC(Cc1ccccc1)C(=O)NC(C(=O)NC(Cc1ccccc1)C(=O)O)C(C)C. The molecular formula is C29H40N4O5. The van der Waals surface area contributed by atoms with Gasteiger partial charge in [-0.2, -0.15) is 0 Å². The number of hydrogen-bond donors (Lipinski definition) is 5. The number of rotatable bonds is 14. The molecule has 0 saturated carbocycles. The fourth-order valence-corrected chi connectivity index (χ4v) is 4.05. The molecule has 9 nitrogen and oxygen atoms in total. The van der Waals surface area contributed by atoms with Crippen molar-refractivity contribution in [2.24, 2.45) is 17.6 Å². The molecule has 4 atom stereocenters. The Kier molecular flexibility index (Phi) is 11.9. The molecule has 38 heavy (non-hydrogen) atoms. The normalized spacial score (nSPS) is 14.3. The van der Waals surface area contributed by atoms with E-state index in [2.05, 4.69) is 16.0 Å². The molecule has 2 rings (SSSR count). The summed E-state index contributed by atoms with van der Waals surface area (Å²) in [6.45, 7) is 7.41. The van der Waals surface area contributed by atoms with E-state index in [9.17, 15) is 24.3 Å². The first kappa shape index (κ1) is 30.5. The Hall–Kier alpha value is -3.72. The van der Waals surface area contributed by atoms with Crippen LogP contribution in [-0.4, -0.2) is 53.0 Å². The highest BCUT2D eigenvalue weighted by molar-refractivity contribution is 5.94. The molecule has 0 bridgehead atoms. The summed E-state index contributed by atoms with van der Waals surface area (Å²) >= 11 is 0. The summed E-state index contributed by atoms with van der Waals surface area (Å²) in [4.78, 5) is 51.2. The van der Waals surface area contributed by atoms with Gasteiger partial charge in [0.05, 0.1) is 6.04 Å². The van der Waals surface area contributed by atoms with E-state index in [1.807, 2.05) is 50.2 Å². The van der Waals surface area contributed by atoms with Gasteiger partial charge in [-0.25, -0.2) is 4.79 Å². The summed E-state index contributed by atoms with van der Waals surface area (Å²) in [5, 5.41) is 17.7. The summed E-state index contributed by atoms with van der Waals surface area (Å²) < 4.78 is 0. The Labute approximate surface area is 224 Å². The van der Waals surface area contributed by atoms with Gasteiger partial charge < -0.3 is 26.8 Å². The first-order valence-electron chi connectivity index (χ1n) is 12.9. The number of aliphatic carboxylic acids is 1. The van der Waals surface area contributed by atoms with Crippen LogP contribution >= 0.6 is 0 Å². The quantitative estimate of drug-likeness (QED) is 0.255. The second-order valence-corrected chi connectivity index (χ2v) is 10.3. The van der Waals surface area contributed by atoms with Crippen LogP contribution < -0.4 is 21.7 Å². The third kappa shape index (κ3) is 9.97. The van der Waals surface area contributed by atoms with E-state index in [4.69, 9.17) is 5.73 Å². The maximum Gasteiger partial charge on any atom is 0.326 e. The Morgan fingerprint density at radius 3 is 1.63 bits per heavy atom. The zero-order valence-corrected chi connectivity index (χ0v) is 22.5. The number of carboxylic acid groups (broad SMARTS) is 1. The molecule has 0 saturated heterocycles. The standard InChI is InChI=1S/C29H40N4O5/c1-18(2)15-22(30)26(34)31-23(16-20-11-7-5-8-12-20)27(35)33-25(19(3)4)28(36)32-24(29(37)38)17-21-13-9-6-10-14-21/h5-14,18-19,22-25H,15-17,30H2,1-4H3,(H,31,34)(H,32,36)(H,33,35)(H,37,38). The van der Waals surface area contributed by atoms with Crippen molar-refractivity contribution >= 4 is 23.7 Å². The van der Waals surface area contributed by atoms with Gasteiger partial charge >= 0.3 is 5.97 Å². The van der Waals surface area contributed by atoms with Gasteiger partial charge in [0.2, 0.25) is 17.7 Å². The van der Waals surface area contributed by atoms with Crippen LogP contribution in [0.15, 0.2) is 60.7 Å². The van der Waals surface area contributed by atoms with E-state index in [1.165, 1.54) is 0 Å². The molecule has 9 heteroatoms. The molecule has 0 aromatic heterocycles. The second kappa shape index (κ2) is 14.9. The summed E-state index contributed by atoms with van der Waals surface area (Å²) in [6.07, 6.45) is 0.757. The molecule has 2 aromatic carbocycles. The summed E-state index contributed by atoms with van der Waals surface area (Å²) in [5.41, 5.74) is 7.62. The van der Waals surface area contributed by atoms with Gasteiger partial charge in [-0.3, -0.25) is 14.4 Å². The number of amides is 3. The van der Waals surface area contributed by atoms with Crippen LogP contribution in [0.4, 0.5) is 0 Å². The van der Waals surface area contributed by atoms with Crippen molar-refractivity contribution in [1.82, 2.24) is 16.0 Å². The van der Waals surface area contributed by atoms with Gasteiger partial charge in [-0.15, -0.1) is 0 Å². The van der Waals surface area contributed by atoms with Crippen LogP contribution in [0.2, 0.25) is 0 Å². The number of hydrogen-bond acceptors (Lipinski definition) is 5. The topological polar surface area (TPSA) is 151 Å². The van der Waals surface area contributed by atoms with Gasteiger partial charge in [-0.1, -0.05) is 88.4 Å². The number of nitrogens with two attached hydrogens (primary N) is 1. The number of carbonyl (C=O) groups is 4. The highest BCUT2D eigenvalue weighted by Gasteiger charge is 2.32. The number of benzene rings is 2. The summed E-state index contributed by atoms with van der Waals surface area (Å²) in [6, 6.07) is 14.2. The molecule has 0 fully saturated rings. The highest BCUT2D eigenvalue weighted by Crippen LogP contribution is 2.10. The van der Waals surface area contributed by atoms with Crippen LogP contribution in [0.1, 0.15) is 45.2 Å². The van der Waals surface area contributed by atoms with Crippen molar-refractivity contribution in [3.63, 3.8) is 0 Å². The van der Waals surface area contributed by atoms with Gasteiger partial charge in [0.15, 0.2) is 0 Å². The van der Waals surface area contributed by atoms with E-state index in [-0.39, 0.29) is 24.7 Å². The zero-order valence-electron chi connectivity index (χ0n) is 22.5. The molecule has 6 N–H and O–H groups in total. The maximum absolute atomic E-state index is 13.4. The molecule has 4 unspecified atom stereocenters.